The lowest BCUT2D eigenvalue weighted by Gasteiger charge is -2.16. The quantitative estimate of drug-likeness (QED) is 0.839. The lowest BCUT2D eigenvalue weighted by molar-refractivity contribution is -0.118. The number of hydrogen-bond donors (Lipinski definition) is 1. The van der Waals surface area contributed by atoms with E-state index in [9.17, 15) is 9.59 Å². The summed E-state index contributed by atoms with van der Waals surface area (Å²) in [7, 11) is 1.59. The van der Waals surface area contributed by atoms with Gasteiger partial charge in [-0.25, -0.2) is 0 Å². The van der Waals surface area contributed by atoms with E-state index in [-0.39, 0.29) is 11.7 Å². The molecule has 0 aliphatic heterocycles. The molecule has 1 amide bonds. The van der Waals surface area contributed by atoms with Crippen LogP contribution in [0.1, 0.15) is 29.3 Å². The second kappa shape index (κ2) is 7.94. The minimum absolute atomic E-state index is 0.0161. The summed E-state index contributed by atoms with van der Waals surface area (Å²) >= 11 is 1.66. The number of hydrogen-bond acceptors (Lipinski definition) is 4. The van der Waals surface area contributed by atoms with Gasteiger partial charge < -0.3 is 10.1 Å². The first-order valence-corrected chi connectivity index (χ1v) is 7.84. The zero-order valence-electron chi connectivity index (χ0n) is 12.4. The van der Waals surface area contributed by atoms with E-state index in [2.05, 4.69) is 5.32 Å². The molecule has 1 atom stereocenters. The first-order valence-electron chi connectivity index (χ1n) is 6.44. The molecule has 5 heteroatoms. The normalized spacial score (nSPS) is 11.8. The van der Waals surface area contributed by atoms with Crippen molar-refractivity contribution in [1.82, 2.24) is 5.32 Å². The van der Waals surface area contributed by atoms with E-state index in [4.69, 9.17) is 4.74 Å². The summed E-state index contributed by atoms with van der Waals surface area (Å²) in [5.41, 5.74) is 1.43. The second-order valence-electron chi connectivity index (χ2n) is 4.60. The van der Waals surface area contributed by atoms with E-state index in [1.807, 2.05) is 13.2 Å². The fourth-order valence-electron chi connectivity index (χ4n) is 1.87. The molecule has 0 aliphatic carbocycles. The molecule has 0 bridgehead atoms. The van der Waals surface area contributed by atoms with Crippen LogP contribution in [0, 0.1) is 6.92 Å². The largest absolute Gasteiger partial charge is 0.496 e. The Bertz CT molecular complexity index is 488. The SMILES string of the molecule is COc1ccc(C(=O)NC(CCSC)C(C)=O)cc1C. The molecule has 4 nitrogen and oxygen atoms in total. The molecule has 110 valence electrons. The van der Waals surface area contributed by atoms with Gasteiger partial charge in [0.1, 0.15) is 5.75 Å². The molecule has 1 rings (SSSR count). The average molecular weight is 295 g/mol. The molecule has 0 saturated heterocycles. The summed E-state index contributed by atoms with van der Waals surface area (Å²) in [6.07, 6.45) is 2.63. The van der Waals surface area contributed by atoms with Crippen molar-refractivity contribution in [2.75, 3.05) is 19.1 Å². The Morgan fingerprint density at radius 1 is 1.40 bits per heavy atom. The number of carbonyl (C=O) groups is 2. The maximum atomic E-state index is 12.2. The van der Waals surface area contributed by atoms with Crippen LogP contribution in [0.15, 0.2) is 18.2 Å². The Balaban J connectivity index is 2.78. The minimum Gasteiger partial charge on any atom is -0.496 e. The van der Waals surface area contributed by atoms with Crippen molar-refractivity contribution in [2.45, 2.75) is 26.3 Å². The van der Waals surface area contributed by atoms with Crippen LogP contribution in [-0.2, 0) is 4.79 Å². The van der Waals surface area contributed by atoms with E-state index in [0.29, 0.717) is 12.0 Å². The van der Waals surface area contributed by atoms with Crippen LogP contribution in [0.3, 0.4) is 0 Å². The fraction of sp³-hybridized carbons (Fsp3) is 0.467. The van der Waals surface area contributed by atoms with Gasteiger partial charge in [-0.05, 0) is 56.0 Å². The van der Waals surface area contributed by atoms with Crippen molar-refractivity contribution in [3.05, 3.63) is 29.3 Å². The molecule has 1 aromatic rings. The van der Waals surface area contributed by atoms with E-state index in [1.54, 1.807) is 37.1 Å². The van der Waals surface area contributed by atoms with Crippen molar-refractivity contribution < 1.29 is 14.3 Å². The molecular weight excluding hydrogens is 274 g/mol. The number of thioether (sulfide) groups is 1. The van der Waals surface area contributed by atoms with Crippen LogP contribution in [0.5, 0.6) is 5.75 Å². The highest BCUT2D eigenvalue weighted by Gasteiger charge is 2.18. The van der Waals surface area contributed by atoms with Crippen molar-refractivity contribution in [3.63, 3.8) is 0 Å². The monoisotopic (exact) mass is 295 g/mol. The van der Waals surface area contributed by atoms with Gasteiger partial charge in [-0.1, -0.05) is 0 Å². The van der Waals surface area contributed by atoms with Crippen LogP contribution in [-0.4, -0.2) is 36.9 Å². The zero-order valence-corrected chi connectivity index (χ0v) is 13.2. The number of rotatable bonds is 7. The molecule has 1 N–H and O–H groups in total. The van der Waals surface area contributed by atoms with Crippen molar-refractivity contribution in [2.24, 2.45) is 0 Å². The summed E-state index contributed by atoms with van der Waals surface area (Å²) in [6.45, 7) is 3.39. The van der Waals surface area contributed by atoms with Crippen molar-refractivity contribution >= 4 is 23.5 Å². The van der Waals surface area contributed by atoms with E-state index >= 15 is 0 Å². The van der Waals surface area contributed by atoms with Gasteiger partial charge in [0.2, 0.25) is 0 Å². The molecule has 0 radical (unpaired) electrons. The number of amides is 1. The lowest BCUT2D eigenvalue weighted by Crippen LogP contribution is -2.40. The van der Waals surface area contributed by atoms with Crippen LogP contribution in [0.4, 0.5) is 0 Å². The Hall–Kier alpha value is -1.49. The minimum atomic E-state index is -0.419. The molecule has 1 unspecified atom stereocenters. The second-order valence-corrected chi connectivity index (χ2v) is 5.59. The maximum Gasteiger partial charge on any atom is 0.251 e. The Labute approximate surface area is 124 Å². The highest BCUT2D eigenvalue weighted by Crippen LogP contribution is 2.18. The van der Waals surface area contributed by atoms with Crippen LogP contribution in [0.25, 0.3) is 0 Å². The van der Waals surface area contributed by atoms with Crippen molar-refractivity contribution in [3.8, 4) is 5.75 Å². The molecule has 0 heterocycles. The number of ketones is 1. The predicted octanol–water partition coefficient (Wildman–Crippen LogP) is 2.44. The van der Waals surface area contributed by atoms with Gasteiger partial charge in [0.25, 0.3) is 5.91 Å². The molecule has 0 aliphatic rings. The van der Waals surface area contributed by atoms with Gasteiger partial charge >= 0.3 is 0 Å². The highest BCUT2D eigenvalue weighted by molar-refractivity contribution is 7.98. The summed E-state index contributed by atoms with van der Waals surface area (Å²) in [6, 6.07) is 4.80. The molecule has 0 spiro atoms. The number of carbonyl (C=O) groups excluding carboxylic acids is 2. The van der Waals surface area contributed by atoms with Gasteiger partial charge in [0.05, 0.1) is 13.2 Å². The van der Waals surface area contributed by atoms with E-state index in [1.165, 1.54) is 6.92 Å². The third-order valence-electron chi connectivity index (χ3n) is 3.06. The number of aryl methyl sites for hydroxylation is 1. The number of ether oxygens (including phenoxy) is 1. The van der Waals surface area contributed by atoms with Crippen LogP contribution in [0.2, 0.25) is 0 Å². The smallest absolute Gasteiger partial charge is 0.251 e. The number of Topliss-reactive ketones (excluding diaryl/α,β-unsaturated/α-hetero) is 1. The Kier molecular flexibility index (Phi) is 6.58. The molecule has 0 aromatic heterocycles. The third-order valence-corrected chi connectivity index (χ3v) is 3.71. The van der Waals surface area contributed by atoms with Gasteiger partial charge in [0.15, 0.2) is 5.78 Å². The predicted molar refractivity (Wildman–Crippen MR) is 82.7 cm³/mol. The summed E-state index contributed by atoms with van der Waals surface area (Å²) < 4.78 is 5.16. The first kappa shape index (κ1) is 16.6. The van der Waals surface area contributed by atoms with E-state index in [0.717, 1.165) is 17.1 Å². The van der Waals surface area contributed by atoms with Gasteiger partial charge in [-0.3, -0.25) is 9.59 Å². The van der Waals surface area contributed by atoms with Crippen molar-refractivity contribution in [1.29, 1.82) is 0 Å². The number of benzene rings is 1. The zero-order chi connectivity index (χ0) is 15.1. The summed E-state index contributed by atoms with van der Waals surface area (Å²) in [4.78, 5) is 23.7. The summed E-state index contributed by atoms with van der Waals surface area (Å²) in [5, 5.41) is 2.79. The lowest BCUT2D eigenvalue weighted by atomic mass is 10.1. The van der Waals surface area contributed by atoms with Gasteiger partial charge in [-0.15, -0.1) is 0 Å². The fourth-order valence-corrected chi connectivity index (χ4v) is 2.35. The number of methoxy groups -OCH3 is 1. The molecule has 0 fully saturated rings. The first-order chi connectivity index (χ1) is 9.49. The Morgan fingerprint density at radius 3 is 2.60 bits per heavy atom. The molecule has 0 saturated carbocycles. The Morgan fingerprint density at radius 2 is 2.10 bits per heavy atom. The average Bonchev–Trinajstić information content (AvgIpc) is 2.42. The third kappa shape index (κ3) is 4.56. The molecular formula is C15H21NO3S. The number of nitrogens with one attached hydrogen (secondary N) is 1. The standard InChI is InChI=1S/C15H21NO3S/c1-10-9-12(5-6-14(10)19-3)15(18)16-13(11(2)17)7-8-20-4/h5-6,9,13H,7-8H2,1-4H3,(H,16,18). The van der Waals surface area contributed by atoms with E-state index < -0.39 is 6.04 Å². The molecule has 1 aromatic carbocycles. The van der Waals surface area contributed by atoms with Crippen LogP contribution >= 0.6 is 11.8 Å². The van der Waals surface area contributed by atoms with Gasteiger partial charge in [0, 0.05) is 5.56 Å². The topological polar surface area (TPSA) is 55.4 Å². The van der Waals surface area contributed by atoms with Gasteiger partial charge in [-0.2, -0.15) is 11.8 Å². The highest BCUT2D eigenvalue weighted by atomic mass is 32.2. The maximum absolute atomic E-state index is 12.2. The van der Waals surface area contributed by atoms with Crippen LogP contribution < -0.4 is 10.1 Å². The molecule has 20 heavy (non-hydrogen) atoms. The summed E-state index contributed by atoms with van der Waals surface area (Å²) in [5.74, 6) is 1.34.